The number of para-hydroxylation sites is 1. The van der Waals surface area contributed by atoms with Gasteiger partial charge >= 0.3 is 11.2 Å². The van der Waals surface area contributed by atoms with Crippen LogP contribution < -0.4 is 15.2 Å². The molecule has 6 rings (SSSR count). The monoisotopic (exact) mass is 575 g/mol. The summed E-state index contributed by atoms with van der Waals surface area (Å²) in [7, 11) is 0. The summed E-state index contributed by atoms with van der Waals surface area (Å²) in [6, 6.07) is 16.3. The van der Waals surface area contributed by atoms with Crippen molar-refractivity contribution < 1.29 is 19.4 Å². The Hall–Kier alpha value is -4.00. The zero-order chi connectivity index (χ0) is 28.6. The van der Waals surface area contributed by atoms with E-state index in [0.717, 1.165) is 12.8 Å². The van der Waals surface area contributed by atoms with Crippen LogP contribution in [0.15, 0.2) is 71.8 Å². The Morgan fingerprint density at radius 3 is 2.54 bits per heavy atom. The predicted molar refractivity (Wildman–Crippen MR) is 155 cm³/mol. The van der Waals surface area contributed by atoms with E-state index in [0.29, 0.717) is 60.6 Å². The second-order valence-corrected chi connectivity index (χ2v) is 12.3. The average Bonchev–Trinajstić information content (AvgIpc) is 3.73. The van der Waals surface area contributed by atoms with Gasteiger partial charge in [0, 0.05) is 41.4 Å². The minimum absolute atomic E-state index is 0.00582. The number of rotatable bonds is 9. The van der Waals surface area contributed by atoms with Crippen LogP contribution >= 0.6 is 0 Å². The first-order chi connectivity index (χ1) is 19.8. The maximum Gasteiger partial charge on any atom is 0.350 e. The fourth-order valence-corrected chi connectivity index (χ4v) is 6.26. The molecule has 1 atom stereocenters. The van der Waals surface area contributed by atoms with Gasteiger partial charge in [-0.15, -0.1) is 4.31 Å². The summed E-state index contributed by atoms with van der Waals surface area (Å²) in [6.07, 6.45) is 5.36. The molecular weight excluding hydrogens is 544 g/mol. The molecule has 12 heteroatoms. The number of nitrogens with zero attached hydrogens (tertiary/aromatic N) is 6. The Labute approximate surface area is 239 Å². The third-order valence-electron chi connectivity index (χ3n) is 7.75. The smallest absolute Gasteiger partial charge is 0.350 e. The minimum atomic E-state index is -1.45. The molecule has 212 valence electrons. The summed E-state index contributed by atoms with van der Waals surface area (Å²) in [5.41, 5.74) is 1.88. The maximum absolute atomic E-state index is 13.6. The highest BCUT2D eigenvalue weighted by atomic mass is 32.2. The van der Waals surface area contributed by atoms with Crippen LogP contribution in [-0.2, 0) is 17.1 Å². The molecule has 2 aliphatic rings. The molecule has 41 heavy (non-hydrogen) atoms. The lowest BCUT2D eigenvalue weighted by Gasteiger charge is -2.36. The zero-order valence-corrected chi connectivity index (χ0v) is 23.5. The highest BCUT2D eigenvalue weighted by Gasteiger charge is 2.39. The van der Waals surface area contributed by atoms with Crippen LogP contribution in [0.2, 0.25) is 0 Å². The second kappa shape index (κ2) is 11.1. The predicted octanol–water partition coefficient (Wildman–Crippen LogP) is 3.75. The number of ether oxygens (including phenoxy) is 1. The lowest BCUT2D eigenvalue weighted by Crippen LogP contribution is -2.49. The molecular formula is C29H31N6O5S+. The summed E-state index contributed by atoms with van der Waals surface area (Å²) in [6.45, 7) is 4.56. The largest absolute Gasteiger partial charge is 0.598 e. The molecule has 4 aromatic rings. The van der Waals surface area contributed by atoms with E-state index in [4.69, 9.17) is 4.74 Å². The number of aromatic nitrogens is 3. The molecule has 1 saturated heterocycles. The Morgan fingerprint density at radius 1 is 1.07 bits per heavy atom. The van der Waals surface area contributed by atoms with Crippen LogP contribution in [0.4, 0.5) is 11.4 Å². The summed E-state index contributed by atoms with van der Waals surface area (Å²) in [4.78, 5) is 31.6. The molecule has 1 unspecified atom stereocenters. The number of benzene rings is 2. The fourth-order valence-electron chi connectivity index (χ4n) is 5.01. The van der Waals surface area contributed by atoms with Crippen molar-refractivity contribution in [2.45, 2.75) is 25.5 Å². The van der Waals surface area contributed by atoms with Crippen LogP contribution in [0.5, 0.6) is 5.75 Å². The fraction of sp³-hybridized carbons (Fsp3) is 0.345. The summed E-state index contributed by atoms with van der Waals surface area (Å²) in [5.74, 6) is 0.335. The topological polar surface area (TPSA) is 127 Å². The Bertz CT molecular complexity index is 1640. The van der Waals surface area contributed by atoms with Crippen molar-refractivity contribution in [1.82, 2.24) is 19.1 Å². The Kier molecular flexibility index (Phi) is 7.37. The van der Waals surface area contributed by atoms with Crippen LogP contribution in [0.1, 0.15) is 25.3 Å². The lowest BCUT2D eigenvalue weighted by atomic mass is 10.1. The van der Waals surface area contributed by atoms with E-state index in [1.807, 2.05) is 39.5 Å². The highest BCUT2D eigenvalue weighted by molar-refractivity contribution is 7.88. The van der Waals surface area contributed by atoms with Gasteiger partial charge in [0.15, 0.2) is 11.3 Å². The van der Waals surface area contributed by atoms with E-state index >= 15 is 0 Å². The minimum Gasteiger partial charge on any atom is -0.598 e. The SMILES string of the molecule is CC1(COc2c(N3CCN([S+]([O-])Cc4ccc5cccnc5c4[N+](=O)O)CC3)cnn(-c3ccccc3)c2=O)CC1. The van der Waals surface area contributed by atoms with Crippen molar-refractivity contribution in [3.8, 4) is 11.4 Å². The van der Waals surface area contributed by atoms with Crippen LogP contribution in [0.25, 0.3) is 16.6 Å². The van der Waals surface area contributed by atoms with Crippen LogP contribution in [-0.4, -0.2) is 66.5 Å². The first-order valence-electron chi connectivity index (χ1n) is 13.5. The number of anilines is 1. The highest BCUT2D eigenvalue weighted by Crippen LogP contribution is 2.45. The first kappa shape index (κ1) is 27.2. The van der Waals surface area contributed by atoms with Crippen molar-refractivity contribution in [3.63, 3.8) is 0 Å². The molecule has 0 bridgehead atoms. The van der Waals surface area contributed by atoms with Gasteiger partial charge in [0.25, 0.3) is 4.92 Å². The van der Waals surface area contributed by atoms with Gasteiger partial charge in [0.2, 0.25) is 5.75 Å². The van der Waals surface area contributed by atoms with Crippen LogP contribution in [0.3, 0.4) is 0 Å². The number of piperazine rings is 1. The van der Waals surface area contributed by atoms with Crippen molar-refractivity contribution in [2.75, 3.05) is 37.7 Å². The molecule has 2 aromatic carbocycles. The van der Waals surface area contributed by atoms with Crippen molar-refractivity contribution in [3.05, 3.63) is 87.8 Å². The Balaban J connectivity index is 1.19. The molecule has 0 amide bonds. The number of hydrogen-bond acceptors (Lipinski definition) is 8. The standard InChI is InChI=1S/C29H31N6O5S/c1-29(11-12-29)20-40-27-24(18-31-34(28(27)36)23-7-3-2-4-8-23)32-14-16-33(17-15-32)41(39)19-22-10-9-21-6-5-13-30-25(21)26(22)35(37)38/h2-10,13,18H,11-12,14-17,19-20H2,1H3,(H,37,38)/q+1. The quantitative estimate of drug-likeness (QED) is 0.235. The second-order valence-electron chi connectivity index (χ2n) is 10.8. The normalized spacial score (nSPS) is 17.4. The van der Waals surface area contributed by atoms with E-state index in [-0.39, 0.29) is 33.1 Å². The molecule has 2 fully saturated rings. The molecule has 11 nitrogen and oxygen atoms in total. The van der Waals surface area contributed by atoms with Gasteiger partial charge < -0.3 is 14.2 Å². The molecule has 1 aliphatic carbocycles. The molecule has 2 aromatic heterocycles. The van der Waals surface area contributed by atoms with Gasteiger partial charge in [0.05, 0.1) is 42.1 Å². The van der Waals surface area contributed by atoms with Crippen molar-refractivity contribution in [2.24, 2.45) is 5.41 Å². The molecule has 1 aliphatic heterocycles. The van der Waals surface area contributed by atoms with Crippen LogP contribution in [0, 0.1) is 10.3 Å². The van der Waals surface area contributed by atoms with E-state index in [1.165, 1.54) is 4.68 Å². The first-order valence-corrected chi connectivity index (χ1v) is 14.8. The summed E-state index contributed by atoms with van der Waals surface area (Å²) in [5, 5.41) is 15.0. The third-order valence-corrected chi connectivity index (χ3v) is 9.25. The van der Waals surface area contributed by atoms with Gasteiger partial charge in [-0.2, -0.15) is 9.78 Å². The van der Waals surface area contributed by atoms with Gasteiger partial charge in [-0.3, -0.25) is 4.79 Å². The van der Waals surface area contributed by atoms with E-state index in [2.05, 4.69) is 17.0 Å². The van der Waals surface area contributed by atoms with E-state index in [1.54, 1.807) is 36.7 Å². The third kappa shape index (κ3) is 5.63. The summed E-state index contributed by atoms with van der Waals surface area (Å²) < 4.78 is 22.7. The number of pyridine rings is 1. The van der Waals surface area contributed by atoms with E-state index < -0.39 is 11.4 Å². The number of fused-ring (bicyclic) bond motifs is 1. The van der Waals surface area contributed by atoms with Gasteiger partial charge in [-0.1, -0.05) is 37.3 Å². The van der Waals surface area contributed by atoms with Crippen molar-refractivity contribution in [1.29, 1.82) is 0 Å². The molecule has 0 radical (unpaired) electrons. The zero-order valence-electron chi connectivity index (χ0n) is 22.7. The summed E-state index contributed by atoms with van der Waals surface area (Å²) >= 11 is -1.45. The van der Waals surface area contributed by atoms with Gasteiger partial charge in [-0.05, 0) is 37.1 Å². The molecule has 1 N–H and O–H groups in total. The molecule has 1 saturated carbocycles. The average molecular weight is 576 g/mol. The maximum atomic E-state index is 13.6. The number of hydrogen-bond donors (Lipinski definition) is 1. The van der Waals surface area contributed by atoms with Gasteiger partial charge in [0.1, 0.15) is 5.69 Å². The van der Waals surface area contributed by atoms with Crippen molar-refractivity contribution >= 4 is 33.6 Å². The molecule has 0 spiro atoms. The van der Waals surface area contributed by atoms with Gasteiger partial charge in [-0.25, -0.2) is 10.2 Å². The molecule has 3 heterocycles. The Morgan fingerprint density at radius 2 is 1.83 bits per heavy atom. The lowest BCUT2D eigenvalue weighted by molar-refractivity contribution is -0.729. The van der Waals surface area contributed by atoms with E-state index in [9.17, 15) is 19.5 Å².